The molecule has 0 aliphatic heterocycles. The van der Waals surface area contributed by atoms with Gasteiger partial charge in [0.1, 0.15) is 5.75 Å². The molecule has 2 aromatic rings. The van der Waals surface area contributed by atoms with Crippen LogP contribution in [0.25, 0.3) is 11.1 Å². The number of phenols is 1. The number of benzene rings is 2. The Morgan fingerprint density at radius 3 is 2.47 bits per heavy atom. The minimum atomic E-state index is 0.279. The van der Waals surface area contributed by atoms with E-state index in [4.69, 9.17) is 0 Å². The Kier molecular flexibility index (Phi) is 2.78. The fourth-order valence-corrected chi connectivity index (χ4v) is 2.05. The molecule has 0 spiro atoms. The van der Waals surface area contributed by atoms with Crippen molar-refractivity contribution in [1.29, 1.82) is 0 Å². The van der Waals surface area contributed by atoms with E-state index in [1.807, 2.05) is 18.2 Å². The van der Waals surface area contributed by atoms with E-state index in [1.54, 1.807) is 12.1 Å². The van der Waals surface area contributed by atoms with Gasteiger partial charge in [-0.15, -0.1) is 0 Å². The highest BCUT2D eigenvalue weighted by Gasteiger charge is 2.01. The van der Waals surface area contributed by atoms with Gasteiger partial charge in [-0.2, -0.15) is 0 Å². The first-order valence-electron chi connectivity index (χ1n) is 4.72. The molecule has 0 aliphatic rings. The molecule has 15 heavy (non-hydrogen) atoms. The molecule has 0 atom stereocenters. The molecule has 2 rings (SSSR count). The smallest absolute Gasteiger partial charge is 0.117 e. The van der Waals surface area contributed by atoms with E-state index in [9.17, 15) is 5.11 Å². The number of phenolic OH excluding ortho intramolecular Hbond substituents is 1. The Morgan fingerprint density at radius 2 is 1.80 bits per heavy atom. The molecule has 0 saturated heterocycles. The van der Waals surface area contributed by atoms with Crippen LogP contribution in [0.2, 0.25) is 0 Å². The Balaban J connectivity index is 2.54. The molecule has 0 heterocycles. The molecule has 0 saturated carbocycles. The van der Waals surface area contributed by atoms with Crippen molar-refractivity contribution in [3.8, 4) is 16.9 Å². The van der Waals surface area contributed by atoms with Crippen LogP contribution in [-0.2, 0) is 0 Å². The lowest BCUT2D eigenvalue weighted by molar-refractivity contribution is 0.475. The van der Waals surface area contributed by atoms with E-state index in [0.717, 1.165) is 15.6 Å². The van der Waals surface area contributed by atoms with Gasteiger partial charge >= 0.3 is 0 Å². The molecule has 0 fully saturated rings. The molecule has 0 unspecified atom stereocenters. The summed E-state index contributed by atoms with van der Waals surface area (Å²) < 4.78 is 0.888. The summed E-state index contributed by atoms with van der Waals surface area (Å²) in [5, 5.41) is 9.49. The maximum Gasteiger partial charge on any atom is 0.117 e. The van der Waals surface area contributed by atoms with Gasteiger partial charge in [0, 0.05) is 4.47 Å². The van der Waals surface area contributed by atoms with Crippen LogP contribution in [-0.4, -0.2) is 5.11 Å². The normalized spacial score (nSPS) is 10.3. The molecule has 2 aromatic carbocycles. The van der Waals surface area contributed by atoms with Gasteiger partial charge in [0.15, 0.2) is 0 Å². The van der Waals surface area contributed by atoms with Crippen LogP contribution < -0.4 is 0 Å². The lowest BCUT2D eigenvalue weighted by atomic mass is 10.0. The Labute approximate surface area is 97.5 Å². The van der Waals surface area contributed by atoms with Crippen molar-refractivity contribution in [2.75, 3.05) is 0 Å². The van der Waals surface area contributed by atoms with Gasteiger partial charge < -0.3 is 5.11 Å². The van der Waals surface area contributed by atoms with Crippen LogP contribution in [0.15, 0.2) is 46.9 Å². The van der Waals surface area contributed by atoms with Crippen LogP contribution in [0.4, 0.5) is 0 Å². The lowest BCUT2D eigenvalue weighted by Gasteiger charge is -2.04. The average Bonchev–Trinajstić information content (AvgIpc) is 2.16. The fraction of sp³-hybridized carbons (Fsp3) is 0.0769. The van der Waals surface area contributed by atoms with E-state index in [-0.39, 0.29) is 5.75 Å². The summed E-state index contributed by atoms with van der Waals surface area (Å²) >= 11 is 3.37. The van der Waals surface area contributed by atoms with Gasteiger partial charge in [0.05, 0.1) is 0 Å². The van der Waals surface area contributed by atoms with Gasteiger partial charge in [0.2, 0.25) is 0 Å². The monoisotopic (exact) mass is 262 g/mol. The Bertz CT molecular complexity index is 471. The number of aryl methyl sites for hydroxylation is 1. The first-order chi connectivity index (χ1) is 7.15. The molecule has 1 N–H and O–H groups in total. The Morgan fingerprint density at radius 1 is 1.00 bits per heavy atom. The summed E-state index contributed by atoms with van der Waals surface area (Å²) in [6, 6.07) is 13.6. The highest BCUT2D eigenvalue weighted by Crippen LogP contribution is 2.28. The zero-order chi connectivity index (χ0) is 10.8. The van der Waals surface area contributed by atoms with Crippen molar-refractivity contribution >= 4 is 15.9 Å². The summed E-state index contributed by atoms with van der Waals surface area (Å²) in [5.41, 5.74) is 3.35. The van der Waals surface area contributed by atoms with E-state index in [1.165, 1.54) is 5.56 Å². The predicted molar refractivity (Wildman–Crippen MR) is 66.0 cm³/mol. The van der Waals surface area contributed by atoms with E-state index >= 15 is 0 Å². The molecular weight excluding hydrogens is 252 g/mol. The first kappa shape index (κ1) is 10.2. The largest absolute Gasteiger partial charge is 0.508 e. The lowest BCUT2D eigenvalue weighted by Crippen LogP contribution is -1.79. The van der Waals surface area contributed by atoms with Crippen LogP contribution in [0, 0.1) is 6.92 Å². The highest BCUT2D eigenvalue weighted by molar-refractivity contribution is 9.10. The van der Waals surface area contributed by atoms with Gasteiger partial charge in [-0.1, -0.05) is 45.8 Å². The summed E-state index contributed by atoms with van der Waals surface area (Å²) in [6.45, 7) is 2.06. The maximum atomic E-state index is 9.49. The summed E-state index contributed by atoms with van der Waals surface area (Å²) in [4.78, 5) is 0. The second-order valence-corrected chi connectivity index (χ2v) is 4.48. The second kappa shape index (κ2) is 4.07. The summed E-state index contributed by atoms with van der Waals surface area (Å²) in [6.07, 6.45) is 0. The van der Waals surface area contributed by atoms with Gasteiger partial charge in [0.25, 0.3) is 0 Å². The highest BCUT2D eigenvalue weighted by atomic mass is 79.9. The van der Waals surface area contributed by atoms with Crippen LogP contribution >= 0.6 is 15.9 Å². The van der Waals surface area contributed by atoms with Crippen molar-refractivity contribution in [2.45, 2.75) is 6.92 Å². The number of hydrogen-bond acceptors (Lipinski definition) is 1. The minimum Gasteiger partial charge on any atom is -0.508 e. The molecule has 76 valence electrons. The van der Waals surface area contributed by atoms with Gasteiger partial charge in [-0.25, -0.2) is 0 Å². The molecule has 0 aliphatic carbocycles. The van der Waals surface area contributed by atoms with Crippen LogP contribution in [0.3, 0.4) is 0 Å². The van der Waals surface area contributed by atoms with Crippen LogP contribution in [0.1, 0.15) is 5.56 Å². The zero-order valence-corrected chi connectivity index (χ0v) is 9.95. The third kappa shape index (κ3) is 2.39. The number of hydrogen-bond donors (Lipinski definition) is 1. The third-order valence-electron chi connectivity index (χ3n) is 2.23. The van der Waals surface area contributed by atoms with Crippen LogP contribution in [0.5, 0.6) is 5.75 Å². The van der Waals surface area contributed by atoms with Crippen molar-refractivity contribution in [3.63, 3.8) is 0 Å². The molecule has 0 amide bonds. The quantitative estimate of drug-likeness (QED) is 0.820. The Hall–Kier alpha value is -1.28. The maximum absolute atomic E-state index is 9.49. The SMILES string of the molecule is Cc1cccc(-c2cc(O)cc(Br)c2)c1. The van der Waals surface area contributed by atoms with E-state index in [0.29, 0.717) is 0 Å². The molecule has 0 radical (unpaired) electrons. The zero-order valence-electron chi connectivity index (χ0n) is 8.37. The second-order valence-electron chi connectivity index (χ2n) is 3.57. The molecular formula is C13H11BrO. The fourth-order valence-electron chi connectivity index (χ4n) is 1.57. The molecule has 2 heteroatoms. The number of aromatic hydroxyl groups is 1. The van der Waals surface area contributed by atoms with Crippen molar-refractivity contribution in [3.05, 3.63) is 52.5 Å². The van der Waals surface area contributed by atoms with E-state index < -0.39 is 0 Å². The molecule has 0 bridgehead atoms. The predicted octanol–water partition coefficient (Wildman–Crippen LogP) is 4.13. The van der Waals surface area contributed by atoms with Crippen molar-refractivity contribution in [1.82, 2.24) is 0 Å². The standard InChI is InChI=1S/C13H11BrO/c1-9-3-2-4-10(5-9)11-6-12(14)8-13(15)7-11/h2-8,15H,1H3. The third-order valence-corrected chi connectivity index (χ3v) is 2.69. The number of rotatable bonds is 1. The molecule has 0 aromatic heterocycles. The molecule has 1 nitrogen and oxygen atoms in total. The summed E-state index contributed by atoms with van der Waals surface area (Å²) in [7, 11) is 0. The van der Waals surface area contributed by atoms with Crippen molar-refractivity contribution < 1.29 is 5.11 Å². The van der Waals surface area contributed by atoms with E-state index in [2.05, 4.69) is 35.0 Å². The van der Waals surface area contributed by atoms with Gasteiger partial charge in [-0.3, -0.25) is 0 Å². The van der Waals surface area contributed by atoms with Gasteiger partial charge in [-0.05, 0) is 36.2 Å². The number of halogens is 1. The topological polar surface area (TPSA) is 20.2 Å². The minimum absolute atomic E-state index is 0.279. The average molecular weight is 263 g/mol. The first-order valence-corrected chi connectivity index (χ1v) is 5.51. The van der Waals surface area contributed by atoms with Crippen molar-refractivity contribution in [2.24, 2.45) is 0 Å². The summed E-state index contributed by atoms with van der Waals surface area (Å²) in [5.74, 6) is 0.279.